The van der Waals surface area contributed by atoms with Gasteiger partial charge in [-0.15, -0.1) is 17.0 Å². The van der Waals surface area contributed by atoms with Crippen molar-refractivity contribution in [3.8, 4) is 0 Å². The highest BCUT2D eigenvalue weighted by molar-refractivity contribution is 8.93. The normalized spacial score (nSPS) is 28.1. The molecule has 0 radical (unpaired) electrons. The Bertz CT molecular complexity index is 383. The molecule has 5 heteroatoms. The van der Waals surface area contributed by atoms with E-state index in [2.05, 4.69) is 11.8 Å². The molecule has 19 heavy (non-hydrogen) atoms. The Balaban J connectivity index is 0.000000180. The van der Waals surface area contributed by atoms with Crippen LogP contribution in [0.3, 0.4) is 0 Å². The van der Waals surface area contributed by atoms with Crippen molar-refractivity contribution >= 4 is 17.0 Å². The van der Waals surface area contributed by atoms with Crippen molar-refractivity contribution in [1.82, 2.24) is 4.90 Å². The molecule has 108 valence electrons. The van der Waals surface area contributed by atoms with Crippen LogP contribution in [0.2, 0.25) is 0 Å². The first-order valence-electron chi connectivity index (χ1n) is 6.32. The van der Waals surface area contributed by atoms with Gasteiger partial charge in [0.05, 0.1) is 0 Å². The first-order valence-corrected chi connectivity index (χ1v) is 6.32. The topological polar surface area (TPSA) is 3.24 Å². The number of benzene rings is 1. The summed E-state index contributed by atoms with van der Waals surface area (Å²) < 4.78 is 35.9. The smallest absolute Gasteiger partial charge is 0.194 e. The molecule has 3 fully saturated rings. The molecule has 0 amide bonds. The van der Waals surface area contributed by atoms with Crippen LogP contribution >= 0.6 is 17.0 Å². The third kappa shape index (κ3) is 4.21. The Hall–Kier alpha value is -0.550. The van der Waals surface area contributed by atoms with Crippen molar-refractivity contribution in [3.05, 3.63) is 35.7 Å². The number of piperidine rings is 3. The first kappa shape index (κ1) is 16.5. The van der Waals surface area contributed by atoms with Gasteiger partial charge in [0.1, 0.15) is 0 Å². The van der Waals surface area contributed by atoms with Gasteiger partial charge in [-0.2, -0.15) is 0 Å². The maximum Gasteiger partial charge on any atom is 0.194 e. The maximum atomic E-state index is 12.0. The molecular formula is C14H19BrF3N. The molecule has 0 unspecified atom stereocenters. The summed E-state index contributed by atoms with van der Waals surface area (Å²) in [6.07, 6.45) is 4.35. The number of halogens is 4. The predicted molar refractivity (Wildman–Crippen MR) is 75.0 cm³/mol. The largest absolute Gasteiger partial charge is 0.303 e. The van der Waals surface area contributed by atoms with Crippen LogP contribution in [0.25, 0.3) is 0 Å². The monoisotopic (exact) mass is 337 g/mol. The van der Waals surface area contributed by atoms with Crippen molar-refractivity contribution in [1.29, 1.82) is 0 Å². The van der Waals surface area contributed by atoms with Crippen LogP contribution in [0.5, 0.6) is 0 Å². The van der Waals surface area contributed by atoms with E-state index in [4.69, 9.17) is 0 Å². The van der Waals surface area contributed by atoms with Crippen molar-refractivity contribution in [3.63, 3.8) is 0 Å². The SMILES string of the molecule is Br.CC12CCN(CC1)CC2.Fc1cccc(F)c1F. The molecule has 0 atom stereocenters. The molecule has 0 N–H and O–H groups in total. The second-order valence-electron chi connectivity index (χ2n) is 5.44. The summed E-state index contributed by atoms with van der Waals surface area (Å²) in [7, 11) is 0. The van der Waals surface area contributed by atoms with E-state index < -0.39 is 17.5 Å². The van der Waals surface area contributed by atoms with Crippen LogP contribution in [-0.4, -0.2) is 24.5 Å². The Labute approximate surface area is 122 Å². The highest BCUT2D eigenvalue weighted by Crippen LogP contribution is 2.38. The Morgan fingerprint density at radius 1 is 0.947 bits per heavy atom. The van der Waals surface area contributed by atoms with Gasteiger partial charge < -0.3 is 4.90 Å². The van der Waals surface area contributed by atoms with E-state index in [1.54, 1.807) is 0 Å². The molecule has 4 rings (SSSR count). The zero-order valence-electron chi connectivity index (χ0n) is 11.0. The first-order chi connectivity index (χ1) is 8.50. The van der Waals surface area contributed by atoms with E-state index in [1.807, 2.05) is 0 Å². The number of nitrogens with zero attached hydrogens (tertiary/aromatic N) is 1. The van der Waals surface area contributed by atoms with Crippen LogP contribution in [0.4, 0.5) is 13.2 Å². The second kappa shape index (κ2) is 6.75. The Kier molecular flexibility index (Phi) is 5.86. The highest BCUT2D eigenvalue weighted by atomic mass is 79.9. The van der Waals surface area contributed by atoms with Crippen LogP contribution in [0, 0.1) is 22.9 Å². The molecule has 3 saturated heterocycles. The lowest BCUT2D eigenvalue weighted by Gasteiger charge is -2.46. The number of fused-ring (bicyclic) bond motifs is 3. The molecule has 3 aliphatic heterocycles. The molecule has 3 aliphatic rings. The van der Waals surface area contributed by atoms with Crippen LogP contribution in [0.15, 0.2) is 18.2 Å². The summed E-state index contributed by atoms with van der Waals surface area (Å²) in [5.74, 6) is -3.73. The molecule has 3 heterocycles. The molecular weight excluding hydrogens is 319 g/mol. The fourth-order valence-electron chi connectivity index (χ4n) is 2.47. The highest BCUT2D eigenvalue weighted by Gasteiger charge is 2.34. The molecule has 0 aliphatic carbocycles. The van der Waals surface area contributed by atoms with E-state index in [0.29, 0.717) is 0 Å². The average molecular weight is 338 g/mol. The fraction of sp³-hybridized carbons (Fsp3) is 0.571. The zero-order chi connectivity index (χ0) is 13.2. The molecule has 1 aromatic rings. The zero-order valence-corrected chi connectivity index (χ0v) is 12.7. The summed E-state index contributed by atoms with van der Waals surface area (Å²) in [4.78, 5) is 2.59. The molecule has 0 saturated carbocycles. The molecule has 1 aromatic carbocycles. The maximum absolute atomic E-state index is 12.0. The predicted octanol–water partition coefficient (Wildman–Crippen LogP) is 4.17. The van der Waals surface area contributed by atoms with E-state index in [-0.39, 0.29) is 17.0 Å². The molecule has 0 spiro atoms. The summed E-state index contributed by atoms with van der Waals surface area (Å²) in [6.45, 7) is 6.56. The van der Waals surface area contributed by atoms with E-state index in [1.165, 1.54) is 38.9 Å². The number of hydrogen-bond donors (Lipinski definition) is 0. The van der Waals surface area contributed by atoms with Gasteiger partial charge in [-0.25, -0.2) is 13.2 Å². The van der Waals surface area contributed by atoms with Gasteiger partial charge in [-0.3, -0.25) is 0 Å². The second-order valence-corrected chi connectivity index (χ2v) is 5.44. The number of rotatable bonds is 0. The van der Waals surface area contributed by atoms with Gasteiger partial charge in [0.25, 0.3) is 0 Å². The minimum absolute atomic E-state index is 0. The molecule has 0 aromatic heterocycles. The van der Waals surface area contributed by atoms with Gasteiger partial charge in [0.2, 0.25) is 0 Å². The quantitative estimate of drug-likeness (QED) is 0.642. The Morgan fingerprint density at radius 3 is 1.63 bits per heavy atom. The minimum atomic E-state index is -1.42. The van der Waals surface area contributed by atoms with E-state index in [0.717, 1.165) is 23.6 Å². The van der Waals surface area contributed by atoms with Crippen LogP contribution < -0.4 is 0 Å². The third-order valence-electron chi connectivity index (χ3n) is 4.00. The van der Waals surface area contributed by atoms with Crippen molar-refractivity contribution in [2.24, 2.45) is 5.41 Å². The van der Waals surface area contributed by atoms with Crippen LogP contribution in [-0.2, 0) is 0 Å². The van der Waals surface area contributed by atoms with E-state index >= 15 is 0 Å². The lowest BCUT2D eigenvalue weighted by Crippen LogP contribution is -2.46. The summed E-state index contributed by atoms with van der Waals surface area (Å²) in [6, 6.07) is 2.82. The van der Waals surface area contributed by atoms with E-state index in [9.17, 15) is 13.2 Å². The summed E-state index contributed by atoms with van der Waals surface area (Å²) >= 11 is 0. The fourth-order valence-corrected chi connectivity index (χ4v) is 2.47. The Morgan fingerprint density at radius 2 is 1.37 bits per heavy atom. The minimum Gasteiger partial charge on any atom is -0.303 e. The molecule has 2 bridgehead atoms. The van der Waals surface area contributed by atoms with Crippen LogP contribution in [0.1, 0.15) is 26.2 Å². The van der Waals surface area contributed by atoms with Gasteiger partial charge in [-0.1, -0.05) is 13.0 Å². The van der Waals surface area contributed by atoms with Gasteiger partial charge in [0, 0.05) is 0 Å². The average Bonchev–Trinajstić information content (AvgIpc) is 2.38. The summed E-state index contributed by atoms with van der Waals surface area (Å²) in [5.41, 5.74) is 0.745. The molecule has 1 nitrogen and oxygen atoms in total. The standard InChI is InChI=1S/C8H15N.C6H3F3.BrH/c1-8-2-5-9(6-3-8)7-4-8;7-4-2-1-3-5(8)6(4)9;/h2-7H2,1H3;1-3H;1H. The van der Waals surface area contributed by atoms with Crippen molar-refractivity contribution in [2.75, 3.05) is 19.6 Å². The lowest BCUT2D eigenvalue weighted by molar-refractivity contribution is 0.0405. The van der Waals surface area contributed by atoms with Crippen molar-refractivity contribution < 1.29 is 13.2 Å². The van der Waals surface area contributed by atoms with Gasteiger partial charge in [0.15, 0.2) is 17.5 Å². The number of hydrogen-bond acceptors (Lipinski definition) is 1. The third-order valence-corrected chi connectivity index (χ3v) is 4.00. The van der Waals surface area contributed by atoms with Gasteiger partial charge >= 0.3 is 0 Å². The lowest BCUT2D eigenvalue weighted by atomic mass is 9.74. The van der Waals surface area contributed by atoms with Crippen molar-refractivity contribution in [2.45, 2.75) is 26.2 Å². The summed E-state index contributed by atoms with van der Waals surface area (Å²) in [5, 5.41) is 0. The van der Waals surface area contributed by atoms with Gasteiger partial charge in [-0.05, 0) is 56.4 Å².